The molecule has 0 spiro atoms. The van der Waals surface area contributed by atoms with E-state index >= 15 is 0 Å². The highest BCUT2D eigenvalue weighted by molar-refractivity contribution is 9.10. The number of hydrogen-bond donors (Lipinski definition) is 1. The van der Waals surface area contributed by atoms with Crippen LogP contribution in [0.2, 0.25) is 5.02 Å². The molecule has 2 nitrogen and oxygen atoms in total. The van der Waals surface area contributed by atoms with Gasteiger partial charge in [0.25, 0.3) is 0 Å². The fourth-order valence-corrected chi connectivity index (χ4v) is 3.04. The molecule has 4 heteroatoms. The fourth-order valence-electron chi connectivity index (χ4n) is 2.25. The van der Waals surface area contributed by atoms with Crippen molar-refractivity contribution < 1.29 is 4.74 Å². The Kier molecular flexibility index (Phi) is 6.09. The minimum Gasteiger partial charge on any atom is -0.497 e. The smallest absolute Gasteiger partial charge is 0.120 e. The molecule has 0 radical (unpaired) electrons. The van der Waals surface area contributed by atoms with Crippen LogP contribution in [-0.4, -0.2) is 13.7 Å². The topological polar surface area (TPSA) is 21.3 Å². The van der Waals surface area contributed by atoms with Gasteiger partial charge in [0.1, 0.15) is 5.75 Å². The maximum absolute atomic E-state index is 6.14. The molecule has 0 heterocycles. The van der Waals surface area contributed by atoms with Gasteiger partial charge in [-0.15, -0.1) is 0 Å². The summed E-state index contributed by atoms with van der Waals surface area (Å²) in [5, 5.41) is 4.33. The van der Waals surface area contributed by atoms with E-state index in [0.717, 1.165) is 33.8 Å². The van der Waals surface area contributed by atoms with Gasteiger partial charge in [-0.05, 0) is 48.4 Å². The highest BCUT2D eigenvalue weighted by Gasteiger charge is 2.17. The van der Waals surface area contributed by atoms with Gasteiger partial charge in [-0.25, -0.2) is 0 Å². The predicted molar refractivity (Wildman–Crippen MR) is 92.3 cm³/mol. The molecule has 0 saturated heterocycles. The minimum atomic E-state index is 0.101. The molecule has 21 heavy (non-hydrogen) atoms. The van der Waals surface area contributed by atoms with E-state index in [9.17, 15) is 0 Å². The summed E-state index contributed by atoms with van der Waals surface area (Å²) < 4.78 is 6.29. The summed E-state index contributed by atoms with van der Waals surface area (Å²) in [6.07, 6.45) is 1.07. The minimum absolute atomic E-state index is 0.101. The van der Waals surface area contributed by atoms with E-state index in [-0.39, 0.29) is 6.04 Å². The Bertz CT molecular complexity index is 603. The number of halogens is 2. The highest BCUT2D eigenvalue weighted by atomic mass is 79.9. The van der Waals surface area contributed by atoms with E-state index < -0.39 is 0 Å². The fraction of sp³-hybridized carbons (Fsp3) is 0.294. The van der Waals surface area contributed by atoms with Crippen LogP contribution < -0.4 is 10.1 Å². The van der Waals surface area contributed by atoms with E-state index in [4.69, 9.17) is 16.3 Å². The van der Waals surface area contributed by atoms with Gasteiger partial charge in [-0.2, -0.15) is 0 Å². The summed E-state index contributed by atoms with van der Waals surface area (Å²) in [6, 6.07) is 14.1. The molecule has 112 valence electrons. The highest BCUT2D eigenvalue weighted by Crippen LogP contribution is 2.32. The van der Waals surface area contributed by atoms with Crippen molar-refractivity contribution in [3.05, 3.63) is 63.1 Å². The van der Waals surface area contributed by atoms with Gasteiger partial charge in [-0.3, -0.25) is 0 Å². The zero-order valence-corrected chi connectivity index (χ0v) is 14.5. The monoisotopic (exact) mass is 367 g/mol. The second-order valence-electron chi connectivity index (χ2n) is 4.83. The van der Waals surface area contributed by atoms with Crippen LogP contribution in [-0.2, 0) is 0 Å². The molecule has 2 rings (SSSR count). The van der Waals surface area contributed by atoms with Crippen LogP contribution in [0.3, 0.4) is 0 Å². The summed E-state index contributed by atoms with van der Waals surface area (Å²) in [4.78, 5) is 0. The zero-order valence-electron chi connectivity index (χ0n) is 12.2. The molecule has 1 unspecified atom stereocenters. The Morgan fingerprint density at radius 3 is 2.67 bits per heavy atom. The Hall–Kier alpha value is -1.03. The number of hydrogen-bond acceptors (Lipinski definition) is 2. The lowest BCUT2D eigenvalue weighted by molar-refractivity contribution is 0.414. The Balaban J connectivity index is 2.40. The standard InChI is InChI=1S/C17H19BrClNO/c1-3-9-20-17(12-5-4-6-13(19)10-12)15-8-7-14(21-2)11-16(15)18/h4-8,10-11,17,20H,3,9H2,1-2H3. The molecule has 0 aliphatic heterocycles. The third-order valence-electron chi connectivity index (χ3n) is 3.30. The predicted octanol–water partition coefficient (Wildman–Crippen LogP) is 5.20. The Labute approximate surface area is 139 Å². The molecule has 0 aromatic heterocycles. The van der Waals surface area contributed by atoms with Crippen molar-refractivity contribution in [2.45, 2.75) is 19.4 Å². The van der Waals surface area contributed by atoms with Gasteiger partial charge in [0.15, 0.2) is 0 Å². The first-order chi connectivity index (χ1) is 10.2. The van der Waals surface area contributed by atoms with Crippen LogP contribution >= 0.6 is 27.5 Å². The molecule has 1 N–H and O–H groups in total. The van der Waals surface area contributed by atoms with Gasteiger partial charge in [-0.1, -0.05) is 52.7 Å². The second kappa shape index (κ2) is 7.83. The maximum atomic E-state index is 6.14. The molecule has 0 saturated carbocycles. The Morgan fingerprint density at radius 2 is 2.05 bits per heavy atom. The normalized spacial score (nSPS) is 12.2. The van der Waals surface area contributed by atoms with Crippen molar-refractivity contribution in [2.24, 2.45) is 0 Å². The maximum Gasteiger partial charge on any atom is 0.120 e. The van der Waals surface area contributed by atoms with Crippen molar-refractivity contribution in [1.29, 1.82) is 0 Å². The first-order valence-corrected chi connectivity index (χ1v) is 8.15. The number of methoxy groups -OCH3 is 1. The van der Waals surface area contributed by atoms with Gasteiger partial charge in [0.2, 0.25) is 0 Å². The Morgan fingerprint density at radius 1 is 1.24 bits per heavy atom. The number of ether oxygens (including phenoxy) is 1. The zero-order chi connectivity index (χ0) is 15.2. The summed E-state index contributed by atoms with van der Waals surface area (Å²) in [7, 11) is 1.67. The molecular weight excluding hydrogens is 350 g/mol. The van der Waals surface area contributed by atoms with E-state index in [2.05, 4.69) is 40.3 Å². The first-order valence-electron chi connectivity index (χ1n) is 6.98. The average Bonchev–Trinajstić information content (AvgIpc) is 2.49. The average molecular weight is 369 g/mol. The molecule has 0 aliphatic rings. The summed E-state index contributed by atoms with van der Waals surface area (Å²) in [5.41, 5.74) is 2.33. The molecule has 1 atom stereocenters. The summed E-state index contributed by atoms with van der Waals surface area (Å²) >= 11 is 9.78. The molecule has 0 amide bonds. The SMILES string of the molecule is CCCNC(c1cccc(Cl)c1)c1ccc(OC)cc1Br. The van der Waals surface area contributed by atoms with Crippen LogP contribution in [0.4, 0.5) is 0 Å². The number of nitrogens with one attached hydrogen (secondary N) is 1. The molecule has 2 aromatic carbocycles. The van der Waals surface area contributed by atoms with E-state index in [1.54, 1.807) is 7.11 Å². The van der Waals surface area contributed by atoms with E-state index in [1.165, 1.54) is 5.56 Å². The van der Waals surface area contributed by atoms with Gasteiger partial charge in [0, 0.05) is 9.50 Å². The number of rotatable bonds is 6. The summed E-state index contributed by atoms with van der Waals surface area (Å²) in [6.45, 7) is 3.10. The third kappa shape index (κ3) is 4.22. The molecule has 2 aromatic rings. The van der Waals surface area contributed by atoms with E-state index in [0.29, 0.717) is 0 Å². The lowest BCUT2D eigenvalue weighted by Crippen LogP contribution is -2.23. The lowest BCUT2D eigenvalue weighted by atomic mass is 9.98. The molecule has 0 aliphatic carbocycles. The summed E-state index contributed by atoms with van der Waals surface area (Å²) in [5.74, 6) is 0.839. The molecular formula is C17H19BrClNO. The van der Waals surface area contributed by atoms with Crippen molar-refractivity contribution in [2.75, 3.05) is 13.7 Å². The van der Waals surface area contributed by atoms with Gasteiger partial charge < -0.3 is 10.1 Å². The third-order valence-corrected chi connectivity index (χ3v) is 4.22. The van der Waals surface area contributed by atoms with Gasteiger partial charge >= 0.3 is 0 Å². The lowest BCUT2D eigenvalue weighted by Gasteiger charge is -2.21. The van der Waals surface area contributed by atoms with Crippen molar-refractivity contribution in [1.82, 2.24) is 5.32 Å². The van der Waals surface area contributed by atoms with Crippen molar-refractivity contribution >= 4 is 27.5 Å². The van der Waals surface area contributed by atoms with Crippen LogP contribution in [0.1, 0.15) is 30.5 Å². The quantitative estimate of drug-likeness (QED) is 0.756. The van der Waals surface area contributed by atoms with Crippen LogP contribution in [0.25, 0.3) is 0 Å². The molecule has 0 bridgehead atoms. The van der Waals surface area contributed by atoms with Crippen molar-refractivity contribution in [3.8, 4) is 5.75 Å². The molecule has 0 fully saturated rings. The number of benzene rings is 2. The van der Waals surface area contributed by atoms with E-state index in [1.807, 2.05) is 30.3 Å². The van der Waals surface area contributed by atoms with Crippen LogP contribution in [0.5, 0.6) is 5.75 Å². The van der Waals surface area contributed by atoms with Gasteiger partial charge in [0.05, 0.1) is 13.2 Å². The second-order valence-corrected chi connectivity index (χ2v) is 6.12. The van der Waals surface area contributed by atoms with Crippen LogP contribution in [0, 0.1) is 0 Å². The largest absolute Gasteiger partial charge is 0.497 e. The van der Waals surface area contributed by atoms with Crippen molar-refractivity contribution in [3.63, 3.8) is 0 Å². The first kappa shape index (κ1) is 16.3. The van der Waals surface area contributed by atoms with Crippen LogP contribution in [0.15, 0.2) is 46.9 Å².